The SMILES string of the molecule is CC(C)(C)OC(=O)N1CCN(c2ccn(-c3ccccc3)c(=O)c2)CC1.CC(C)(C)OC(=O)N1CCN(c2ccn(-c3ccccc3)c(=O)c2Br)CC1. The van der Waals surface area contributed by atoms with E-state index in [0.29, 0.717) is 56.8 Å². The van der Waals surface area contributed by atoms with Crippen LogP contribution in [0.5, 0.6) is 0 Å². The van der Waals surface area contributed by atoms with Gasteiger partial charge in [-0.25, -0.2) is 9.59 Å². The number of piperazine rings is 2. The lowest BCUT2D eigenvalue weighted by atomic mass is 10.2. The Morgan fingerprint density at radius 2 is 1.00 bits per heavy atom. The third kappa shape index (κ3) is 10.5. The molecule has 13 heteroatoms. The van der Waals surface area contributed by atoms with Gasteiger partial charge in [0.05, 0.1) is 5.69 Å². The smallest absolute Gasteiger partial charge is 0.410 e. The largest absolute Gasteiger partial charge is 0.444 e. The van der Waals surface area contributed by atoms with E-state index < -0.39 is 11.2 Å². The standard InChI is InChI=1S/C20H24BrN3O3.C20H25N3O3/c1-20(2,3)27-19(26)23-13-11-22(12-14-23)16-9-10-24(18(25)17(16)21)15-7-5-4-6-8-15;1-20(2,3)26-19(25)22-13-11-21(12-14-22)17-9-10-23(18(24)15-17)16-7-5-4-6-8-16/h4-10H,11-14H2,1-3H3;4-10,15H,11-14H2,1-3H3. The molecule has 6 rings (SSSR count). The van der Waals surface area contributed by atoms with E-state index in [2.05, 4.69) is 25.7 Å². The van der Waals surface area contributed by atoms with Crippen LogP contribution in [-0.4, -0.2) is 94.7 Å². The van der Waals surface area contributed by atoms with Crippen LogP contribution in [0.15, 0.2) is 105 Å². The van der Waals surface area contributed by atoms with Crippen LogP contribution in [0.2, 0.25) is 0 Å². The molecule has 2 saturated heterocycles. The number of carbonyl (C=O) groups excluding carboxylic acids is 2. The van der Waals surface area contributed by atoms with Crippen molar-refractivity contribution in [3.63, 3.8) is 0 Å². The van der Waals surface area contributed by atoms with Gasteiger partial charge in [-0.1, -0.05) is 36.4 Å². The third-order valence-electron chi connectivity index (χ3n) is 8.55. The number of pyridine rings is 2. The summed E-state index contributed by atoms with van der Waals surface area (Å²) in [5.41, 5.74) is 2.23. The molecule has 12 nitrogen and oxygen atoms in total. The van der Waals surface area contributed by atoms with E-state index in [0.717, 1.165) is 22.7 Å². The van der Waals surface area contributed by atoms with Crippen molar-refractivity contribution in [2.45, 2.75) is 52.7 Å². The number of para-hydroxylation sites is 2. The second-order valence-corrected chi connectivity index (χ2v) is 15.7. The molecular weight excluding hydrogens is 740 g/mol. The fraction of sp³-hybridized carbons (Fsp3) is 0.400. The number of nitrogens with zero attached hydrogens (tertiary/aromatic N) is 6. The highest BCUT2D eigenvalue weighted by molar-refractivity contribution is 9.10. The van der Waals surface area contributed by atoms with Crippen LogP contribution in [0.1, 0.15) is 41.5 Å². The maximum atomic E-state index is 12.8. The van der Waals surface area contributed by atoms with Gasteiger partial charge in [0.1, 0.15) is 15.7 Å². The molecule has 2 amide bonds. The molecule has 0 saturated carbocycles. The average Bonchev–Trinajstić information content (AvgIpc) is 3.12. The van der Waals surface area contributed by atoms with Crippen LogP contribution in [0.4, 0.5) is 21.0 Å². The van der Waals surface area contributed by atoms with Crippen molar-refractivity contribution in [2.75, 3.05) is 62.2 Å². The lowest BCUT2D eigenvalue weighted by molar-refractivity contribution is 0.0230. The molecule has 0 bridgehead atoms. The minimum Gasteiger partial charge on any atom is -0.444 e. The maximum Gasteiger partial charge on any atom is 0.410 e. The summed E-state index contributed by atoms with van der Waals surface area (Å²) in [5.74, 6) is 0. The maximum absolute atomic E-state index is 12.8. The number of hydrogen-bond acceptors (Lipinski definition) is 8. The summed E-state index contributed by atoms with van der Waals surface area (Å²) in [6.07, 6.45) is 3.02. The Labute approximate surface area is 319 Å². The first kappa shape index (κ1) is 39.2. The van der Waals surface area contributed by atoms with E-state index in [1.807, 2.05) is 114 Å². The lowest BCUT2D eigenvalue weighted by Gasteiger charge is -2.37. The number of carbonyl (C=O) groups is 2. The molecular formula is C40H49BrN6O6. The molecule has 282 valence electrons. The lowest BCUT2D eigenvalue weighted by Crippen LogP contribution is -2.50. The predicted molar refractivity (Wildman–Crippen MR) is 212 cm³/mol. The van der Waals surface area contributed by atoms with Crippen molar-refractivity contribution in [3.8, 4) is 11.4 Å². The monoisotopic (exact) mass is 788 g/mol. The molecule has 0 spiro atoms. The topological polar surface area (TPSA) is 110 Å². The van der Waals surface area contributed by atoms with E-state index in [9.17, 15) is 19.2 Å². The highest BCUT2D eigenvalue weighted by Gasteiger charge is 2.28. The van der Waals surface area contributed by atoms with Crippen LogP contribution >= 0.6 is 15.9 Å². The second-order valence-electron chi connectivity index (χ2n) is 14.9. The van der Waals surface area contributed by atoms with Crippen molar-refractivity contribution < 1.29 is 19.1 Å². The Kier molecular flexibility index (Phi) is 12.4. The molecule has 2 aliphatic rings. The van der Waals surface area contributed by atoms with Crippen LogP contribution in [-0.2, 0) is 9.47 Å². The van der Waals surface area contributed by atoms with E-state index in [1.165, 1.54) is 0 Å². The zero-order valence-electron chi connectivity index (χ0n) is 31.3. The molecule has 2 aliphatic heterocycles. The fourth-order valence-corrected chi connectivity index (χ4v) is 6.51. The first-order valence-corrected chi connectivity index (χ1v) is 18.6. The molecule has 2 aromatic carbocycles. The van der Waals surface area contributed by atoms with Gasteiger partial charge < -0.3 is 29.1 Å². The third-order valence-corrected chi connectivity index (χ3v) is 9.30. The summed E-state index contributed by atoms with van der Waals surface area (Å²) >= 11 is 3.47. The van der Waals surface area contributed by atoms with Crippen LogP contribution in [0.25, 0.3) is 11.4 Å². The molecule has 2 aromatic heterocycles. The first-order chi connectivity index (χ1) is 25.1. The quantitative estimate of drug-likeness (QED) is 0.229. The number of rotatable bonds is 4. The van der Waals surface area contributed by atoms with Crippen LogP contribution in [0, 0.1) is 0 Å². The molecule has 0 unspecified atom stereocenters. The van der Waals surface area contributed by atoms with Crippen molar-refractivity contribution in [2.24, 2.45) is 0 Å². The number of benzene rings is 2. The molecule has 0 atom stereocenters. The molecule has 4 aromatic rings. The Bertz CT molecular complexity index is 1970. The summed E-state index contributed by atoms with van der Waals surface area (Å²) in [6.45, 7) is 16.1. The highest BCUT2D eigenvalue weighted by Crippen LogP contribution is 2.25. The Morgan fingerprint density at radius 1 is 0.566 bits per heavy atom. The zero-order valence-corrected chi connectivity index (χ0v) is 32.9. The second kappa shape index (κ2) is 16.7. The molecule has 0 aliphatic carbocycles. The highest BCUT2D eigenvalue weighted by atomic mass is 79.9. The van der Waals surface area contributed by atoms with E-state index >= 15 is 0 Å². The molecule has 0 radical (unpaired) electrons. The number of ether oxygens (including phenoxy) is 2. The van der Waals surface area contributed by atoms with Crippen molar-refractivity contribution >= 4 is 39.5 Å². The molecule has 2 fully saturated rings. The molecule has 0 N–H and O–H groups in total. The van der Waals surface area contributed by atoms with Crippen molar-refractivity contribution in [1.82, 2.24) is 18.9 Å². The van der Waals surface area contributed by atoms with E-state index in [-0.39, 0.29) is 23.3 Å². The minimum absolute atomic E-state index is 0.0664. The van der Waals surface area contributed by atoms with Gasteiger partial charge >= 0.3 is 12.2 Å². The number of hydrogen-bond donors (Lipinski definition) is 0. The van der Waals surface area contributed by atoms with E-state index in [4.69, 9.17) is 9.47 Å². The van der Waals surface area contributed by atoms with Crippen molar-refractivity contribution in [1.29, 1.82) is 0 Å². The fourth-order valence-electron chi connectivity index (χ4n) is 5.93. The minimum atomic E-state index is -0.501. The van der Waals surface area contributed by atoms with Gasteiger partial charge in [0, 0.05) is 87.9 Å². The number of anilines is 2. The Morgan fingerprint density at radius 3 is 1.45 bits per heavy atom. The van der Waals surface area contributed by atoms with Gasteiger partial charge in [0.2, 0.25) is 0 Å². The summed E-state index contributed by atoms with van der Waals surface area (Å²) in [5, 5.41) is 0. The van der Waals surface area contributed by atoms with Crippen molar-refractivity contribution in [3.05, 3.63) is 116 Å². The summed E-state index contributed by atoms with van der Waals surface area (Å²) in [6, 6.07) is 24.6. The van der Waals surface area contributed by atoms with Gasteiger partial charge in [-0.05, 0) is 93.9 Å². The number of amides is 2. The normalized spacial score (nSPS) is 15.0. The number of halogens is 1. The van der Waals surface area contributed by atoms with Gasteiger partial charge in [0.25, 0.3) is 11.1 Å². The molecule has 4 heterocycles. The zero-order chi connectivity index (χ0) is 38.3. The summed E-state index contributed by atoms with van der Waals surface area (Å²) < 4.78 is 14.6. The predicted octanol–water partition coefficient (Wildman–Crippen LogP) is 6.55. The average molecular weight is 790 g/mol. The number of aromatic nitrogens is 2. The Balaban J connectivity index is 0.000000204. The van der Waals surface area contributed by atoms with Crippen LogP contribution in [0.3, 0.4) is 0 Å². The van der Waals surface area contributed by atoms with Gasteiger partial charge in [-0.2, -0.15) is 0 Å². The molecule has 53 heavy (non-hydrogen) atoms. The van der Waals surface area contributed by atoms with Crippen LogP contribution < -0.4 is 20.9 Å². The van der Waals surface area contributed by atoms with Gasteiger partial charge in [-0.3, -0.25) is 18.7 Å². The summed E-state index contributed by atoms with van der Waals surface area (Å²) in [4.78, 5) is 57.2. The first-order valence-electron chi connectivity index (χ1n) is 17.8. The van der Waals surface area contributed by atoms with Gasteiger partial charge in [0.15, 0.2) is 0 Å². The summed E-state index contributed by atoms with van der Waals surface area (Å²) in [7, 11) is 0. The Hall–Kier alpha value is -5.04. The van der Waals surface area contributed by atoms with E-state index in [1.54, 1.807) is 37.4 Å². The van der Waals surface area contributed by atoms with Gasteiger partial charge in [-0.15, -0.1) is 0 Å².